The third-order valence-corrected chi connectivity index (χ3v) is 2.79. The second kappa shape index (κ2) is 5.16. The summed E-state index contributed by atoms with van der Waals surface area (Å²) < 4.78 is 16.2. The van der Waals surface area contributed by atoms with Crippen molar-refractivity contribution in [3.63, 3.8) is 0 Å². The van der Waals surface area contributed by atoms with Crippen LogP contribution in [0.4, 0.5) is 0 Å². The summed E-state index contributed by atoms with van der Waals surface area (Å²) in [6.07, 6.45) is 0.939. The molecule has 4 nitrogen and oxygen atoms in total. The molecule has 1 heterocycles. The zero-order chi connectivity index (χ0) is 13.2. The zero-order valence-electron chi connectivity index (χ0n) is 11.2. The summed E-state index contributed by atoms with van der Waals surface area (Å²) in [5.74, 6) is 1.52. The molecule has 2 rings (SSSR count). The molecule has 0 atom stereocenters. The molecular weight excluding hydrogens is 230 g/mol. The van der Waals surface area contributed by atoms with Crippen LogP contribution in [0.5, 0.6) is 11.5 Å². The Kier molecular flexibility index (Phi) is 3.78. The quantitative estimate of drug-likeness (QED) is 0.866. The molecule has 0 radical (unpaired) electrons. The van der Waals surface area contributed by atoms with Crippen molar-refractivity contribution >= 4 is 0 Å². The lowest BCUT2D eigenvalue weighted by Gasteiger charge is -2.28. The topological polar surface area (TPSA) is 53.7 Å². The van der Waals surface area contributed by atoms with E-state index in [1.165, 1.54) is 0 Å². The van der Waals surface area contributed by atoms with Crippen LogP contribution in [0.2, 0.25) is 0 Å². The van der Waals surface area contributed by atoms with Crippen molar-refractivity contribution in [3.8, 4) is 11.5 Å². The van der Waals surface area contributed by atoms with E-state index in [2.05, 4.69) is 0 Å². The van der Waals surface area contributed by atoms with Gasteiger partial charge in [0.15, 0.2) is 11.5 Å². The molecule has 2 N–H and O–H groups in total. The van der Waals surface area contributed by atoms with Crippen molar-refractivity contribution in [1.29, 1.82) is 0 Å². The van der Waals surface area contributed by atoms with Gasteiger partial charge in [-0.1, -0.05) is 6.07 Å². The van der Waals surface area contributed by atoms with E-state index in [9.17, 15) is 0 Å². The number of hydrogen-bond donors (Lipinski definition) is 1. The monoisotopic (exact) mass is 251 g/mol. The fraction of sp³-hybridized carbons (Fsp3) is 0.571. The fourth-order valence-corrected chi connectivity index (χ4v) is 1.91. The molecule has 1 saturated heterocycles. The first-order chi connectivity index (χ1) is 8.48. The molecule has 4 heteroatoms. The highest BCUT2D eigenvalue weighted by atomic mass is 16.6. The Balaban J connectivity index is 2.15. The SMILES string of the molecule is COc1ccc(CC(C)(C)N)cc1OC1COC1. The molecule has 1 aliphatic heterocycles. The first-order valence-electron chi connectivity index (χ1n) is 6.18. The molecule has 0 bridgehead atoms. The smallest absolute Gasteiger partial charge is 0.162 e. The summed E-state index contributed by atoms with van der Waals surface area (Å²) >= 11 is 0. The van der Waals surface area contributed by atoms with Crippen LogP contribution in [0, 0.1) is 0 Å². The van der Waals surface area contributed by atoms with Gasteiger partial charge in [-0.3, -0.25) is 0 Å². The van der Waals surface area contributed by atoms with Crippen molar-refractivity contribution in [3.05, 3.63) is 23.8 Å². The number of nitrogens with two attached hydrogens (primary N) is 1. The minimum absolute atomic E-state index is 0.139. The highest BCUT2D eigenvalue weighted by Gasteiger charge is 2.22. The molecule has 0 unspecified atom stereocenters. The van der Waals surface area contributed by atoms with Gasteiger partial charge >= 0.3 is 0 Å². The third kappa shape index (κ3) is 3.37. The Morgan fingerprint density at radius 1 is 1.33 bits per heavy atom. The number of benzene rings is 1. The van der Waals surface area contributed by atoms with E-state index in [0.717, 1.165) is 23.5 Å². The predicted octanol–water partition coefficient (Wildman–Crippen LogP) is 1.75. The average Bonchev–Trinajstić information content (AvgIpc) is 2.21. The molecule has 0 amide bonds. The summed E-state index contributed by atoms with van der Waals surface area (Å²) in [7, 11) is 1.64. The molecule has 1 aromatic carbocycles. The van der Waals surface area contributed by atoms with Crippen LogP contribution < -0.4 is 15.2 Å². The Hall–Kier alpha value is -1.26. The van der Waals surface area contributed by atoms with Crippen LogP contribution in [0.3, 0.4) is 0 Å². The van der Waals surface area contributed by atoms with Gasteiger partial charge in [0.05, 0.1) is 20.3 Å². The molecular formula is C14H21NO3. The maximum atomic E-state index is 6.03. The molecule has 0 saturated carbocycles. The second-order valence-corrected chi connectivity index (χ2v) is 5.43. The molecule has 18 heavy (non-hydrogen) atoms. The maximum absolute atomic E-state index is 6.03. The Morgan fingerprint density at radius 3 is 2.56 bits per heavy atom. The lowest BCUT2D eigenvalue weighted by Crippen LogP contribution is -2.38. The molecule has 0 spiro atoms. The largest absolute Gasteiger partial charge is 0.493 e. The lowest BCUT2D eigenvalue weighted by atomic mass is 9.96. The highest BCUT2D eigenvalue weighted by molar-refractivity contribution is 5.43. The van der Waals surface area contributed by atoms with Crippen molar-refractivity contribution < 1.29 is 14.2 Å². The van der Waals surface area contributed by atoms with Gasteiger partial charge in [0.25, 0.3) is 0 Å². The summed E-state index contributed by atoms with van der Waals surface area (Å²) in [5.41, 5.74) is 6.96. The van der Waals surface area contributed by atoms with Crippen LogP contribution in [0.1, 0.15) is 19.4 Å². The van der Waals surface area contributed by atoms with Crippen molar-refractivity contribution in [2.75, 3.05) is 20.3 Å². The highest BCUT2D eigenvalue weighted by Crippen LogP contribution is 2.31. The van der Waals surface area contributed by atoms with Crippen LogP contribution in [0.15, 0.2) is 18.2 Å². The van der Waals surface area contributed by atoms with Crippen molar-refractivity contribution in [2.24, 2.45) is 5.73 Å². The Labute approximate surface area is 108 Å². The molecule has 100 valence electrons. The Morgan fingerprint density at radius 2 is 2.06 bits per heavy atom. The van der Waals surface area contributed by atoms with Crippen LogP contribution in [-0.4, -0.2) is 32.0 Å². The summed E-state index contributed by atoms with van der Waals surface area (Å²) in [6, 6.07) is 5.96. The molecule has 1 aliphatic rings. The molecule has 0 aromatic heterocycles. The van der Waals surface area contributed by atoms with E-state index >= 15 is 0 Å². The van der Waals surface area contributed by atoms with E-state index in [0.29, 0.717) is 13.2 Å². The minimum atomic E-state index is -0.231. The van der Waals surface area contributed by atoms with Gasteiger partial charge in [-0.05, 0) is 38.0 Å². The third-order valence-electron chi connectivity index (χ3n) is 2.79. The first kappa shape index (κ1) is 13.2. The van der Waals surface area contributed by atoms with Gasteiger partial charge in [-0.15, -0.1) is 0 Å². The summed E-state index contributed by atoms with van der Waals surface area (Å²) in [4.78, 5) is 0. The number of methoxy groups -OCH3 is 1. The van der Waals surface area contributed by atoms with Gasteiger partial charge < -0.3 is 19.9 Å². The summed E-state index contributed by atoms with van der Waals surface area (Å²) in [6.45, 7) is 5.32. The van der Waals surface area contributed by atoms with E-state index in [-0.39, 0.29) is 11.6 Å². The van der Waals surface area contributed by atoms with E-state index in [1.807, 2.05) is 32.0 Å². The standard InChI is InChI=1S/C14H21NO3/c1-14(2,15)7-10-4-5-12(16-3)13(6-10)18-11-8-17-9-11/h4-6,11H,7-9,15H2,1-3H3. The molecule has 1 aromatic rings. The maximum Gasteiger partial charge on any atom is 0.162 e. The van der Waals surface area contributed by atoms with Gasteiger partial charge in [0.1, 0.15) is 6.10 Å². The van der Waals surface area contributed by atoms with Gasteiger partial charge in [0.2, 0.25) is 0 Å². The van der Waals surface area contributed by atoms with Crippen molar-refractivity contribution in [1.82, 2.24) is 0 Å². The van der Waals surface area contributed by atoms with Crippen LogP contribution >= 0.6 is 0 Å². The lowest BCUT2D eigenvalue weighted by molar-refractivity contribution is -0.0803. The number of ether oxygens (including phenoxy) is 3. The normalized spacial score (nSPS) is 16.2. The molecule has 1 fully saturated rings. The molecule has 0 aliphatic carbocycles. The average molecular weight is 251 g/mol. The van der Waals surface area contributed by atoms with E-state index in [4.69, 9.17) is 19.9 Å². The predicted molar refractivity (Wildman–Crippen MR) is 70.2 cm³/mol. The van der Waals surface area contributed by atoms with Gasteiger partial charge in [-0.2, -0.15) is 0 Å². The van der Waals surface area contributed by atoms with Gasteiger partial charge in [0, 0.05) is 5.54 Å². The van der Waals surface area contributed by atoms with Crippen LogP contribution in [0.25, 0.3) is 0 Å². The second-order valence-electron chi connectivity index (χ2n) is 5.43. The van der Waals surface area contributed by atoms with Crippen molar-refractivity contribution in [2.45, 2.75) is 31.9 Å². The van der Waals surface area contributed by atoms with Crippen LogP contribution in [-0.2, 0) is 11.2 Å². The van der Waals surface area contributed by atoms with E-state index in [1.54, 1.807) is 7.11 Å². The minimum Gasteiger partial charge on any atom is -0.493 e. The zero-order valence-corrected chi connectivity index (χ0v) is 11.2. The summed E-state index contributed by atoms with van der Waals surface area (Å²) in [5, 5.41) is 0. The van der Waals surface area contributed by atoms with E-state index < -0.39 is 0 Å². The van der Waals surface area contributed by atoms with Gasteiger partial charge in [-0.25, -0.2) is 0 Å². The first-order valence-corrected chi connectivity index (χ1v) is 6.18. The number of hydrogen-bond acceptors (Lipinski definition) is 4. The Bertz CT molecular complexity index is 408. The number of rotatable bonds is 5. The fourth-order valence-electron chi connectivity index (χ4n) is 1.91.